The normalized spacial score (nSPS) is 17.5. The molecule has 108 valence electrons. The van der Waals surface area contributed by atoms with E-state index >= 15 is 0 Å². The van der Waals surface area contributed by atoms with Gasteiger partial charge in [-0.25, -0.2) is 9.18 Å². The largest absolute Gasteiger partial charge is 0.325 e. The average molecular weight is 299 g/mol. The fraction of sp³-hybridized carbons (Fsp3) is 0.429. The van der Waals surface area contributed by atoms with Gasteiger partial charge in [0.15, 0.2) is 0 Å². The second-order valence-corrected chi connectivity index (χ2v) is 5.24. The molecule has 1 aliphatic heterocycles. The Labute approximate surface area is 121 Å². The number of nitrogens with one attached hydrogen (secondary N) is 1. The lowest BCUT2D eigenvalue weighted by atomic mass is 9.91. The molecule has 6 heteroatoms. The van der Waals surface area contributed by atoms with Crippen LogP contribution in [0.1, 0.15) is 32.3 Å². The molecule has 20 heavy (non-hydrogen) atoms. The summed E-state index contributed by atoms with van der Waals surface area (Å²) in [5.41, 5.74) is -0.148. The van der Waals surface area contributed by atoms with Gasteiger partial charge >= 0.3 is 6.03 Å². The summed E-state index contributed by atoms with van der Waals surface area (Å²) in [6.07, 6.45) is 1.05. The van der Waals surface area contributed by atoms with E-state index in [0.717, 1.165) is 0 Å². The SMILES string of the molecule is CCC1(CC)C(=O)NC(=O)N1Cc1ccc(F)c(Cl)c1. The molecule has 0 saturated carbocycles. The maximum atomic E-state index is 13.2. The van der Waals surface area contributed by atoms with Gasteiger partial charge in [-0.2, -0.15) is 0 Å². The Bertz CT molecular complexity index is 558. The third-order valence-electron chi connectivity index (χ3n) is 3.90. The van der Waals surface area contributed by atoms with Gasteiger partial charge in [-0.05, 0) is 30.5 Å². The number of carbonyl (C=O) groups is 2. The molecule has 1 aromatic carbocycles. The van der Waals surface area contributed by atoms with Crippen LogP contribution in [-0.2, 0) is 11.3 Å². The molecule has 1 aliphatic rings. The lowest BCUT2D eigenvalue weighted by Gasteiger charge is -2.33. The number of rotatable bonds is 4. The van der Waals surface area contributed by atoms with Gasteiger partial charge in [0.25, 0.3) is 5.91 Å². The van der Waals surface area contributed by atoms with E-state index in [2.05, 4.69) is 5.32 Å². The number of nitrogens with zero attached hydrogens (tertiary/aromatic N) is 1. The van der Waals surface area contributed by atoms with E-state index in [4.69, 9.17) is 11.6 Å². The van der Waals surface area contributed by atoms with Gasteiger partial charge in [-0.1, -0.05) is 31.5 Å². The van der Waals surface area contributed by atoms with Crippen molar-refractivity contribution in [2.45, 2.75) is 38.8 Å². The molecule has 0 bridgehead atoms. The van der Waals surface area contributed by atoms with Crippen LogP contribution < -0.4 is 5.32 Å². The number of urea groups is 1. The number of hydrogen-bond donors (Lipinski definition) is 1. The van der Waals surface area contributed by atoms with Crippen molar-refractivity contribution in [2.75, 3.05) is 0 Å². The van der Waals surface area contributed by atoms with E-state index < -0.39 is 17.4 Å². The predicted molar refractivity (Wildman–Crippen MR) is 73.8 cm³/mol. The molecule has 3 amide bonds. The first-order valence-corrected chi connectivity index (χ1v) is 6.89. The van der Waals surface area contributed by atoms with Crippen molar-refractivity contribution >= 4 is 23.5 Å². The van der Waals surface area contributed by atoms with Crippen LogP contribution in [0.25, 0.3) is 0 Å². The first-order valence-electron chi connectivity index (χ1n) is 6.51. The van der Waals surface area contributed by atoms with Gasteiger partial charge in [-0.15, -0.1) is 0 Å². The minimum absolute atomic E-state index is 0.00651. The summed E-state index contributed by atoms with van der Waals surface area (Å²) in [6, 6.07) is 3.88. The van der Waals surface area contributed by atoms with Crippen molar-refractivity contribution in [1.29, 1.82) is 0 Å². The molecule has 0 aromatic heterocycles. The molecule has 1 aromatic rings. The van der Waals surface area contributed by atoms with Crippen molar-refractivity contribution in [3.63, 3.8) is 0 Å². The van der Waals surface area contributed by atoms with Crippen LogP contribution in [0.4, 0.5) is 9.18 Å². The Kier molecular flexibility index (Phi) is 3.99. The van der Waals surface area contributed by atoms with E-state index in [1.165, 1.54) is 17.0 Å². The highest BCUT2D eigenvalue weighted by Crippen LogP contribution is 2.31. The van der Waals surface area contributed by atoms with Crippen LogP contribution in [0, 0.1) is 5.82 Å². The standard InChI is InChI=1S/C14H16ClFN2O2/c1-3-14(4-2)12(19)17-13(20)18(14)8-9-5-6-11(16)10(15)7-9/h5-7H,3-4,8H2,1-2H3,(H,17,19,20). The first kappa shape index (κ1) is 14.8. The Balaban J connectivity index is 2.32. The van der Waals surface area contributed by atoms with Crippen molar-refractivity contribution in [2.24, 2.45) is 0 Å². The van der Waals surface area contributed by atoms with E-state index in [0.29, 0.717) is 18.4 Å². The average Bonchev–Trinajstić information content (AvgIpc) is 2.65. The Morgan fingerprint density at radius 2 is 1.95 bits per heavy atom. The maximum Gasteiger partial charge on any atom is 0.325 e. The van der Waals surface area contributed by atoms with Crippen molar-refractivity contribution in [3.8, 4) is 0 Å². The highest BCUT2D eigenvalue weighted by Gasteiger charge is 2.50. The van der Waals surface area contributed by atoms with Crippen LogP contribution >= 0.6 is 11.6 Å². The lowest BCUT2D eigenvalue weighted by Crippen LogP contribution is -2.48. The van der Waals surface area contributed by atoms with E-state index in [-0.39, 0.29) is 17.5 Å². The highest BCUT2D eigenvalue weighted by atomic mass is 35.5. The van der Waals surface area contributed by atoms with Crippen molar-refractivity contribution < 1.29 is 14.0 Å². The van der Waals surface area contributed by atoms with E-state index in [1.54, 1.807) is 6.07 Å². The molecule has 0 radical (unpaired) electrons. The Morgan fingerprint density at radius 1 is 1.30 bits per heavy atom. The topological polar surface area (TPSA) is 49.4 Å². The molecule has 4 nitrogen and oxygen atoms in total. The summed E-state index contributed by atoms with van der Waals surface area (Å²) in [5.74, 6) is -0.782. The van der Waals surface area contributed by atoms with Crippen LogP contribution in [0.2, 0.25) is 5.02 Å². The molecule has 1 heterocycles. The van der Waals surface area contributed by atoms with Gasteiger partial charge in [-0.3, -0.25) is 10.1 Å². The maximum absolute atomic E-state index is 13.2. The number of halogens is 2. The summed E-state index contributed by atoms with van der Waals surface area (Å²) >= 11 is 5.74. The van der Waals surface area contributed by atoms with Crippen molar-refractivity contribution in [1.82, 2.24) is 10.2 Å². The molecule has 1 N–H and O–H groups in total. The molecule has 1 saturated heterocycles. The van der Waals surface area contributed by atoms with Crippen LogP contribution in [0.5, 0.6) is 0 Å². The lowest BCUT2D eigenvalue weighted by molar-refractivity contribution is -0.127. The van der Waals surface area contributed by atoms with Gasteiger partial charge in [0, 0.05) is 6.54 Å². The molecule has 0 spiro atoms. The minimum Gasteiger partial charge on any atom is -0.305 e. The van der Waals surface area contributed by atoms with E-state index in [1.807, 2.05) is 13.8 Å². The molecule has 0 atom stereocenters. The third kappa shape index (κ3) is 2.26. The molecular weight excluding hydrogens is 283 g/mol. The van der Waals surface area contributed by atoms with Crippen LogP contribution in [0.15, 0.2) is 18.2 Å². The number of carbonyl (C=O) groups excluding carboxylic acids is 2. The smallest absolute Gasteiger partial charge is 0.305 e. The second-order valence-electron chi connectivity index (χ2n) is 4.83. The molecule has 0 unspecified atom stereocenters. The third-order valence-corrected chi connectivity index (χ3v) is 4.19. The quantitative estimate of drug-likeness (QED) is 0.868. The van der Waals surface area contributed by atoms with Crippen molar-refractivity contribution in [3.05, 3.63) is 34.6 Å². The number of imide groups is 1. The highest BCUT2D eigenvalue weighted by molar-refractivity contribution is 6.30. The van der Waals surface area contributed by atoms with Gasteiger partial charge in [0.1, 0.15) is 11.4 Å². The fourth-order valence-electron chi connectivity index (χ4n) is 2.59. The summed E-state index contributed by atoms with van der Waals surface area (Å²) in [4.78, 5) is 25.5. The Hall–Kier alpha value is -1.62. The van der Waals surface area contributed by atoms with Gasteiger partial charge in [0.05, 0.1) is 5.02 Å². The van der Waals surface area contributed by atoms with Crippen LogP contribution in [0.3, 0.4) is 0 Å². The van der Waals surface area contributed by atoms with E-state index in [9.17, 15) is 14.0 Å². The summed E-state index contributed by atoms with van der Waals surface area (Å²) in [7, 11) is 0. The zero-order valence-corrected chi connectivity index (χ0v) is 12.1. The Morgan fingerprint density at radius 3 is 2.50 bits per heavy atom. The number of amides is 3. The number of benzene rings is 1. The fourth-order valence-corrected chi connectivity index (χ4v) is 2.80. The predicted octanol–water partition coefficient (Wildman–Crippen LogP) is 3.09. The zero-order valence-electron chi connectivity index (χ0n) is 11.4. The summed E-state index contributed by atoms with van der Waals surface area (Å²) in [5, 5.41) is 2.35. The molecule has 2 rings (SSSR count). The number of hydrogen-bond acceptors (Lipinski definition) is 2. The molecule has 0 aliphatic carbocycles. The minimum atomic E-state index is -0.835. The first-order chi connectivity index (χ1) is 9.44. The van der Waals surface area contributed by atoms with Gasteiger partial charge < -0.3 is 4.90 Å². The van der Waals surface area contributed by atoms with Gasteiger partial charge in [0.2, 0.25) is 0 Å². The monoisotopic (exact) mass is 298 g/mol. The molecule has 1 fully saturated rings. The summed E-state index contributed by atoms with van der Waals surface area (Å²) < 4.78 is 13.2. The summed E-state index contributed by atoms with van der Waals surface area (Å²) in [6.45, 7) is 3.96. The zero-order chi connectivity index (χ0) is 14.9. The van der Waals surface area contributed by atoms with Crippen LogP contribution in [-0.4, -0.2) is 22.4 Å². The molecular formula is C14H16ClFN2O2. The second kappa shape index (κ2) is 5.40.